The van der Waals surface area contributed by atoms with Gasteiger partial charge in [-0.25, -0.2) is 4.79 Å². The Labute approximate surface area is 162 Å². The van der Waals surface area contributed by atoms with Gasteiger partial charge in [-0.3, -0.25) is 0 Å². The molecule has 2 aromatic carbocycles. The number of carbonyl (C=O) groups excluding carboxylic acids is 1. The number of anilines is 1. The van der Waals surface area contributed by atoms with Crippen molar-refractivity contribution >= 4 is 23.5 Å². The van der Waals surface area contributed by atoms with Crippen molar-refractivity contribution in [3.63, 3.8) is 0 Å². The maximum atomic E-state index is 12.4. The Morgan fingerprint density at radius 3 is 2.63 bits per heavy atom. The van der Waals surface area contributed by atoms with Gasteiger partial charge in [0.2, 0.25) is 6.79 Å². The molecule has 0 atom stereocenters. The van der Waals surface area contributed by atoms with Crippen molar-refractivity contribution in [1.29, 1.82) is 0 Å². The van der Waals surface area contributed by atoms with Crippen LogP contribution in [0.4, 0.5) is 10.5 Å². The lowest BCUT2D eigenvalue weighted by atomic mass is 9.99. The molecule has 2 heterocycles. The second kappa shape index (κ2) is 8.10. The molecule has 6 nitrogen and oxygen atoms in total. The third-order valence-corrected chi connectivity index (χ3v) is 6.18. The predicted molar refractivity (Wildman–Crippen MR) is 105 cm³/mol. The van der Waals surface area contributed by atoms with Gasteiger partial charge >= 0.3 is 6.03 Å². The smallest absolute Gasteiger partial charge is 0.319 e. The lowest BCUT2D eigenvalue weighted by Gasteiger charge is -2.36. The molecule has 2 amide bonds. The summed E-state index contributed by atoms with van der Waals surface area (Å²) in [6.45, 7) is 2.22. The molecular weight excluding hydrogens is 364 g/mol. The number of fused-ring (bicyclic) bond motifs is 1. The van der Waals surface area contributed by atoms with Crippen LogP contribution >= 0.6 is 11.8 Å². The van der Waals surface area contributed by atoms with Crippen LogP contribution in [-0.2, 0) is 4.74 Å². The average Bonchev–Trinajstić information content (AvgIpc) is 3.16. The van der Waals surface area contributed by atoms with E-state index in [0.29, 0.717) is 36.9 Å². The fourth-order valence-electron chi connectivity index (χ4n) is 3.19. The van der Waals surface area contributed by atoms with Crippen molar-refractivity contribution in [2.75, 3.05) is 31.9 Å². The summed E-state index contributed by atoms with van der Waals surface area (Å²) in [6, 6.07) is 15.4. The van der Waals surface area contributed by atoms with Gasteiger partial charge in [-0.15, -0.1) is 11.8 Å². The number of rotatable bonds is 5. The summed E-state index contributed by atoms with van der Waals surface area (Å²) in [5.74, 6) is 1.34. The number of benzene rings is 2. The Hall–Kier alpha value is -2.38. The number of amides is 2. The van der Waals surface area contributed by atoms with E-state index >= 15 is 0 Å². The van der Waals surface area contributed by atoms with Crippen LogP contribution in [0.3, 0.4) is 0 Å². The summed E-state index contributed by atoms with van der Waals surface area (Å²) in [4.78, 5) is 13.6. The minimum Gasteiger partial charge on any atom is -0.454 e. The zero-order chi connectivity index (χ0) is 18.5. The van der Waals surface area contributed by atoms with Gasteiger partial charge in [0.05, 0.1) is 0 Å². The van der Waals surface area contributed by atoms with Gasteiger partial charge < -0.3 is 24.8 Å². The fourth-order valence-corrected chi connectivity index (χ4v) is 4.50. The highest BCUT2D eigenvalue weighted by molar-refractivity contribution is 8.00. The van der Waals surface area contributed by atoms with Gasteiger partial charge in [-0.1, -0.05) is 18.2 Å². The summed E-state index contributed by atoms with van der Waals surface area (Å²) in [7, 11) is 0. The summed E-state index contributed by atoms with van der Waals surface area (Å²) in [5.41, 5.74) is 0.675. The lowest BCUT2D eigenvalue weighted by molar-refractivity contribution is 0.0777. The van der Waals surface area contributed by atoms with Crippen LogP contribution in [-0.4, -0.2) is 37.3 Å². The highest BCUT2D eigenvalue weighted by atomic mass is 32.2. The molecular formula is C20H22N2O4S. The van der Waals surface area contributed by atoms with Crippen LogP contribution in [0.15, 0.2) is 53.4 Å². The van der Waals surface area contributed by atoms with Crippen LogP contribution < -0.4 is 20.1 Å². The highest BCUT2D eigenvalue weighted by Crippen LogP contribution is 2.40. The van der Waals surface area contributed by atoms with Crippen molar-refractivity contribution < 1.29 is 19.0 Å². The van der Waals surface area contributed by atoms with Crippen molar-refractivity contribution in [1.82, 2.24) is 5.32 Å². The van der Waals surface area contributed by atoms with Gasteiger partial charge in [-0.2, -0.15) is 0 Å². The molecule has 0 aromatic heterocycles. The van der Waals surface area contributed by atoms with Gasteiger partial charge in [0.1, 0.15) is 0 Å². The molecule has 7 heteroatoms. The molecule has 2 aliphatic rings. The van der Waals surface area contributed by atoms with E-state index in [2.05, 4.69) is 22.8 Å². The van der Waals surface area contributed by atoms with Crippen molar-refractivity contribution in [3.8, 4) is 11.5 Å². The molecule has 142 valence electrons. The van der Waals surface area contributed by atoms with E-state index in [0.717, 1.165) is 12.8 Å². The van der Waals surface area contributed by atoms with E-state index in [1.165, 1.54) is 4.90 Å². The molecule has 1 saturated heterocycles. The summed E-state index contributed by atoms with van der Waals surface area (Å²) >= 11 is 1.82. The van der Waals surface area contributed by atoms with Crippen LogP contribution in [0.25, 0.3) is 0 Å². The number of hydrogen-bond donors (Lipinski definition) is 2. The predicted octanol–water partition coefficient (Wildman–Crippen LogP) is 3.88. The zero-order valence-corrected chi connectivity index (χ0v) is 15.7. The molecule has 0 unspecified atom stereocenters. The van der Waals surface area contributed by atoms with Gasteiger partial charge in [0.15, 0.2) is 11.5 Å². The minimum absolute atomic E-state index is 0.0637. The van der Waals surface area contributed by atoms with E-state index in [1.54, 1.807) is 18.2 Å². The van der Waals surface area contributed by atoms with Crippen LogP contribution in [0.5, 0.6) is 11.5 Å². The molecule has 27 heavy (non-hydrogen) atoms. The number of ether oxygens (including phenoxy) is 3. The molecule has 0 bridgehead atoms. The number of carbonyl (C=O) groups is 1. The SMILES string of the molecule is O=C(NCC1(Sc2ccccc2)CCOCC1)Nc1ccc2c(c1)OCO2. The minimum atomic E-state index is -0.228. The number of nitrogens with one attached hydrogen (secondary N) is 2. The number of hydrogen-bond acceptors (Lipinski definition) is 5. The molecule has 0 spiro atoms. The third-order valence-electron chi connectivity index (χ3n) is 4.68. The van der Waals surface area contributed by atoms with E-state index in [4.69, 9.17) is 14.2 Å². The quantitative estimate of drug-likeness (QED) is 0.816. The fraction of sp³-hybridized carbons (Fsp3) is 0.350. The van der Waals surface area contributed by atoms with Crippen LogP contribution in [0.1, 0.15) is 12.8 Å². The second-order valence-corrected chi connectivity index (χ2v) is 8.13. The van der Waals surface area contributed by atoms with E-state index < -0.39 is 0 Å². The van der Waals surface area contributed by atoms with Crippen LogP contribution in [0, 0.1) is 0 Å². The number of urea groups is 1. The lowest BCUT2D eigenvalue weighted by Crippen LogP contribution is -2.45. The molecule has 2 N–H and O–H groups in total. The molecule has 0 saturated carbocycles. The van der Waals surface area contributed by atoms with E-state index in [9.17, 15) is 4.79 Å². The molecule has 4 rings (SSSR count). The first-order valence-electron chi connectivity index (χ1n) is 8.99. The van der Waals surface area contributed by atoms with E-state index in [1.807, 2.05) is 30.0 Å². The maximum Gasteiger partial charge on any atom is 0.319 e. The van der Waals surface area contributed by atoms with Crippen molar-refractivity contribution in [2.24, 2.45) is 0 Å². The summed E-state index contributed by atoms with van der Waals surface area (Å²) in [6.07, 6.45) is 1.80. The van der Waals surface area contributed by atoms with Gasteiger partial charge in [0.25, 0.3) is 0 Å². The molecule has 0 aliphatic carbocycles. The van der Waals surface area contributed by atoms with Gasteiger partial charge in [-0.05, 0) is 37.1 Å². The molecule has 1 fully saturated rings. The van der Waals surface area contributed by atoms with Gasteiger partial charge in [0, 0.05) is 41.2 Å². The monoisotopic (exact) mass is 386 g/mol. The average molecular weight is 386 g/mol. The normalized spacial score (nSPS) is 17.3. The second-order valence-electron chi connectivity index (χ2n) is 6.59. The summed E-state index contributed by atoms with van der Waals surface area (Å²) < 4.78 is 16.1. The van der Waals surface area contributed by atoms with Crippen LogP contribution in [0.2, 0.25) is 0 Å². The van der Waals surface area contributed by atoms with Crippen molar-refractivity contribution in [3.05, 3.63) is 48.5 Å². The Bertz CT molecular complexity index is 794. The first-order valence-corrected chi connectivity index (χ1v) is 9.80. The zero-order valence-electron chi connectivity index (χ0n) is 14.9. The maximum absolute atomic E-state index is 12.4. The first kappa shape index (κ1) is 18.0. The molecule has 0 radical (unpaired) electrons. The summed E-state index contributed by atoms with van der Waals surface area (Å²) in [5, 5.41) is 5.90. The van der Waals surface area contributed by atoms with Crippen molar-refractivity contribution in [2.45, 2.75) is 22.5 Å². The Morgan fingerprint density at radius 1 is 1.04 bits per heavy atom. The Kier molecular flexibility index (Phi) is 5.40. The molecule has 2 aromatic rings. The first-order chi connectivity index (χ1) is 13.2. The Balaban J connectivity index is 1.37. The third kappa shape index (κ3) is 4.48. The Morgan fingerprint density at radius 2 is 1.81 bits per heavy atom. The topological polar surface area (TPSA) is 68.8 Å². The number of thioether (sulfide) groups is 1. The van der Waals surface area contributed by atoms with E-state index in [-0.39, 0.29) is 17.6 Å². The standard InChI is InChI=1S/C20H22N2O4S/c23-19(22-15-6-7-17-18(12-15)26-14-25-17)21-13-20(8-10-24-11-9-20)27-16-4-2-1-3-5-16/h1-7,12H,8-11,13-14H2,(H2,21,22,23). The largest absolute Gasteiger partial charge is 0.454 e. The molecule has 2 aliphatic heterocycles. The highest BCUT2D eigenvalue weighted by Gasteiger charge is 2.34.